The minimum absolute atomic E-state index is 0.0343. The van der Waals surface area contributed by atoms with Crippen LogP contribution in [0.15, 0.2) is 144 Å². The molecule has 1 aromatic heterocycles. The number of nitrogens with zero attached hydrogens (tertiary/aromatic N) is 2. The molecule has 2 heterocycles. The minimum atomic E-state index is -0.998. The predicted molar refractivity (Wildman–Crippen MR) is 225 cm³/mol. The van der Waals surface area contributed by atoms with Gasteiger partial charge >= 0.3 is 0 Å². The average Bonchev–Trinajstić information content (AvgIpc) is 3.55. The summed E-state index contributed by atoms with van der Waals surface area (Å²) in [5.74, 6) is 0.0411. The number of hydrogen-bond acceptors (Lipinski definition) is 7. The first-order chi connectivity index (χ1) is 28.3. The van der Waals surface area contributed by atoms with E-state index in [9.17, 15) is 4.39 Å². The van der Waals surface area contributed by atoms with E-state index in [2.05, 4.69) is 29.8 Å². The van der Waals surface area contributed by atoms with Crippen molar-refractivity contribution in [3.05, 3.63) is 189 Å². The summed E-state index contributed by atoms with van der Waals surface area (Å²) >= 11 is 3.29. The lowest BCUT2D eigenvalue weighted by Crippen LogP contribution is -2.62. The highest BCUT2D eigenvalue weighted by Crippen LogP contribution is 2.35. The van der Waals surface area contributed by atoms with Crippen molar-refractivity contribution in [1.29, 1.82) is 0 Å². The second kappa shape index (κ2) is 20.3. The van der Waals surface area contributed by atoms with Gasteiger partial charge < -0.3 is 28.4 Å². The number of halogens is 2. The fourth-order valence-electron chi connectivity index (χ4n) is 7.13. The summed E-state index contributed by atoms with van der Waals surface area (Å²) in [5.41, 5.74) is 6.55. The van der Waals surface area contributed by atoms with Crippen LogP contribution in [0.1, 0.15) is 59.0 Å². The molecular formula is C48H50BrFN2O6. The first kappa shape index (κ1) is 41.5. The molecule has 1 aliphatic rings. The molecule has 1 saturated heterocycles. The van der Waals surface area contributed by atoms with Gasteiger partial charge in [-0.2, -0.15) is 0 Å². The third-order valence-electron chi connectivity index (χ3n) is 10.2. The highest BCUT2D eigenvalue weighted by molar-refractivity contribution is 9.10. The van der Waals surface area contributed by atoms with Crippen LogP contribution >= 0.6 is 15.9 Å². The summed E-state index contributed by atoms with van der Waals surface area (Å²) in [6.45, 7) is 7.60. The SMILES string of the molecule is Cc1c(Cc2ccc(Br)c(F)c2)c(O[C@@H]2O[C@H](COCc3ccccc3)[C@@H](OCc3ccccc3)[C@H](OCc3ccccc3)[C@H]2OCc2ccccc2)nn1C(C)C. The highest BCUT2D eigenvalue weighted by atomic mass is 79.9. The molecular weight excluding hydrogens is 799 g/mol. The van der Waals surface area contributed by atoms with Crippen LogP contribution in [0.2, 0.25) is 0 Å². The van der Waals surface area contributed by atoms with Crippen molar-refractivity contribution in [2.24, 2.45) is 0 Å². The van der Waals surface area contributed by atoms with Gasteiger partial charge in [-0.3, -0.25) is 4.68 Å². The number of benzene rings is 5. The first-order valence-electron chi connectivity index (χ1n) is 19.7. The maximum Gasteiger partial charge on any atom is 0.239 e. The molecule has 5 aromatic carbocycles. The number of ether oxygens (including phenoxy) is 6. The molecule has 0 radical (unpaired) electrons. The molecule has 58 heavy (non-hydrogen) atoms. The average molecular weight is 850 g/mol. The van der Waals surface area contributed by atoms with Crippen LogP contribution in [-0.4, -0.2) is 47.1 Å². The van der Waals surface area contributed by atoms with Crippen LogP contribution in [0.25, 0.3) is 0 Å². The summed E-state index contributed by atoms with van der Waals surface area (Å²) in [6, 6.07) is 45.3. The van der Waals surface area contributed by atoms with Gasteiger partial charge in [0.15, 0.2) is 0 Å². The van der Waals surface area contributed by atoms with Crippen LogP contribution in [0.5, 0.6) is 5.88 Å². The summed E-state index contributed by atoms with van der Waals surface area (Å²) in [6.07, 6.45) is -3.32. The van der Waals surface area contributed by atoms with Crippen molar-refractivity contribution in [3.8, 4) is 5.88 Å². The zero-order valence-electron chi connectivity index (χ0n) is 33.1. The Kier molecular flexibility index (Phi) is 14.5. The van der Waals surface area contributed by atoms with Gasteiger partial charge in [0.25, 0.3) is 0 Å². The Morgan fingerprint density at radius 2 is 1.16 bits per heavy atom. The lowest BCUT2D eigenvalue weighted by Gasteiger charge is -2.45. The number of hydrogen-bond donors (Lipinski definition) is 0. The zero-order chi connectivity index (χ0) is 40.3. The zero-order valence-corrected chi connectivity index (χ0v) is 34.7. The predicted octanol–water partition coefficient (Wildman–Crippen LogP) is 10.3. The lowest BCUT2D eigenvalue weighted by molar-refractivity contribution is -0.310. The van der Waals surface area contributed by atoms with Crippen molar-refractivity contribution in [2.75, 3.05) is 6.61 Å². The molecule has 10 heteroatoms. The van der Waals surface area contributed by atoms with Crippen molar-refractivity contribution in [2.45, 2.75) is 90.4 Å². The lowest BCUT2D eigenvalue weighted by atomic mass is 9.97. The van der Waals surface area contributed by atoms with Crippen molar-refractivity contribution >= 4 is 15.9 Å². The third kappa shape index (κ3) is 10.9. The molecule has 0 unspecified atom stereocenters. The summed E-state index contributed by atoms with van der Waals surface area (Å²) < 4.78 is 58.0. The standard InChI is InChI=1S/C48H50BrFN2O6/c1-33(2)52-34(3)40(26-39-24-25-41(49)42(50)27-39)47(51-52)58-48-46(56-31-38-22-14-7-15-23-38)45(55-30-37-20-12-6-13-21-37)44(54-29-36-18-10-5-11-19-36)43(57-48)32-53-28-35-16-8-4-9-17-35/h4-25,27,33,43-46,48H,26,28-32H2,1-3H3/t43-,44-,45+,46-,48+/m1/s1. The van der Waals surface area contributed by atoms with Crippen LogP contribution in [0.4, 0.5) is 4.39 Å². The molecule has 7 rings (SSSR count). The van der Waals surface area contributed by atoms with Gasteiger partial charge in [-0.1, -0.05) is 127 Å². The van der Waals surface area contributed by atoms with Gasteiger partial charge in [0.05, 0.1) is 37.5 Å². The smallest absolute Gasteiger partial charge is 0.239 e. The largest absolute Gasteiger partial charge is 0.443 e. The van der Waals surface area contributed by atoms with E-state index in [0.29, 0.717) is 36.6 Å². The highest BCUT2D eigenvalue weighted by Gasteiger charge is 2.50. The van der Waals surface area contributed by atoms with Gasteiger partial charge in [0, 0.05) is 23.7 Å². The Labute approximate surface area is 349 Å². The van der Waals surface area contributed by atoms with E-state index in [-0.39, 0.29) is 25.1 Å². The van der Waals surface area contributed by atoms with Crippen LogP contribution in [0.3, 0.4) is 0 Å². The van der Waals surface area contributed by atoms with Crippen LogP contribution < -0.4 is 4.74 Å². The first-order valence-corrected chi connectivity index (χ1v) is 20.5. The van der Waals surface area contributed by atoms with Gasteiger partial charge in [-0.05, 0) is 76.7 Å². The molecule has 0 spiro atoms. The molecule has 0 N–H and O–H groups in total. The second-order valence-corrected chi connectivity index (χ2v) is 15.6. The molecule has 0 saturated carbocycles. The third-order valence-corrected chi connectivity index (χ3v) is 10.8. The van der Waals surface area contributed by atoms with Crippen molar-refractivity contribution in [1.82, 2.24) is 9.78 Å². The Bertz CT molecular complexity index is 2160. The second-order valence-electron chi connectivity index (χ2n) is 14.8. The topological polar surface area (TPSA) is 73.2 Å². The number of rotatable bonds is 18. The molecule has 1 fully saturated rings. The van der Waals surface area contributed by atoms with E-state index in [1.807, 2.05) is 139 Å². The summed E-state index contributed by atoms with van der Waals surface area (Å²) in [5, 5.41) is 4.99. The van der Waals surface area contributed by atoms with E-state index in [1.165, 1.54) is 6.07 Å². The molecule has 1 aliphatic heterocycles. The quantitative estimate of drug-likeness (QED) is 0.0853. The van der Waals surface area contributed by atoms with Crippen molar-refractivity contribution < 1.29 is 32.8 Å². The maximum atomic E-state index is 14.8. The minimum Gasteiger partial charge on any atom is -0.443 e. The Morgan fingerprint density at radius 1 is 0.655 bits per heavy atom. The van der Waals surface area contributed by atoms with E-state index in [4.69, 9.17) is 33.5 Å². The molecule has 5 atom stereocenters. The van der Waals surface area contributed by atoms with Gasteiger partial charge in [-0.15, -0.1) is 5.10 Å². The molecule has 8 nitrogen and oxygen atoms in total. The summed E-state index contributed by atoms with van der Waals surface area (Å²) in [7, 11) is 0. The van der Waals surface area contributed by atoms with E-state index in [0.717, 1.165) is 39.1 Å². The number of aromatic nitrogens is 2. The van der Waals surface area contributed by atoms with E-state index in [1.54, 1.807) is 6.07 Å². The Morgan fingerprint density at radius 3 is 1.67 bits per heavy atom. The van der Waals surface area contributed by atoms with Gasteiger partial charge in [0.1, 0.15) is 30.2 Å². The fourth-order valence-corrected chi connectivity index (χ4v) is 7.38. The molecule has 0 aliphatic carbocycles. The Balaban J connectivity index is 1.27. The van der Waals surface area contributed by atoms with Crippen molar-refractivity contribution in [3.63, 3.8) is 0 Å². The molecule has 6 aromatic rings. The van der Waals surface area contributed by atoms with E-state index < -0.39 is 30.7 Å². The Hall–Kier alpha value is -4.68. The fraction of sp³-hybridized carbons (Fsp3) is 0.312. The molecule has 0 bridgehead atoms. The van der Waals surface area contributed by atoms with Crippen LogP contribution in [0, 0.1) is 12.7 Å². The van der Waals surface area contributed by atoms with Gasteiger partial charge in [-0.25, -0.2) is 4.39 Å². The van der Waals surface area contributed by atoms with Gasteiger partial charge in [0.2, 0.25) is 12.2 Å². The molecule has 0 amide bonds. The normalized spacial score (nSPS) is 19.4. The van der Waals surface area contributed by atoms with Crippen LogP contribution in [-0.2, 0) is 56.5 Å². The molecule has 302 valence electrons. The summed E-state index contributed by atoms with van der Waals surface area (Å²) in [4.78, 5) is 0. The monoisotopic (exact) mass is 848 g/mol. The van der Waals surface area contributed by atoms with E-state index >= 15 is 0 Å². The maximum absolute atomic E-state index is 14.8.